The van der Waals surface area contributed by atoms with Crippen LogP contribution in [-0.4, -0.2) is 22.5 Å². The van der Waals surface area contributed by atoms with E-state index in [2.05, 4.69) is 29.6 Å². The predicted octanol–water partition coefficient (Wildman–Crippen LogP) is 2.31. The molecule has 2 unspecified atom stereocenters. The molecule has 0 amide bonds. The summed E-state index contributed by atoms with van der Waals surface area (Å²) in [5.41, 5.74) is 0. The molecule has 0 saturated carbocycles. The molecule has 17 heavy (non-hydrogen) atoms. The molecule has 1 saturated heterocycles. The number of hydrogen-bond acceptors (Lipinski definition) is 2. The van der Waals surface area contributed by atoms with Crippen LogP contribution in [0.4, 0.5) is 0 Å². The molecule has 1 N–H and O–H groups in total. The van der Waals surface area contributed by atoms with Crippen molar-refractivity contribution in [3.8, 4) is 0 Å². The molecule has 0 aliphatic carbocycles. The van der Waals surface area contributed by atoms with Crippen molar-refractivity contribution in [1.82, 2.24) is 5.32 Å². The van der Waals surface area contributed by atoms with Crippen molar-refractivity contribution in [1.29, 1.82) is 0 Å². The maximum absolute atomic E-state index is 12.4. The largest absolute Gasteiger partial charge is 0.315 e. The van der Waals surface area contributed by atoms with Gasteiger partial charge in [-0.1, -0.05) is 30.3 Å². The van der Waals surface area contributed by atoms with Gasteiger partial charge >= 0.3 is 0 Å². The molecule has 0 spiro atoms. The Labute approximate surface area is 103 Å². The molecule has 2 nitrogen and oxygen atoms in total. The van der Waals surface area contributed by atoms with Crippen LogP contribution >= 0.6 is 0 Å². The van der Waals surface area contributed by atoms with Gasteiger partial charge in [-0.25, -0.2) is 0 Å². The fourth-order valence-corrected chi connectivity index (χ4v) is 3.73. The summed E-state index contributed by atoms with van der Waals surface area (Å²) >= 11 is 0. The fourth-order valence-electron chi connectivity index (χ4n) is 2.30. The van der Waals surface area contributed by atoms with Gasteiger partial charge < -0.3 is 5.32 Å². The minimum atomic E-state index is -0.877. The van der Waals surface area contributed by atoms with Crippen LogP contribution in [0.5, 0.6) is 0 Å². The zero-order chi connectivity index (χ0) is 11.7. The Balaban J connectivity index is 1.97. The summed E-state index contributed by atoms with van der Waals surface area (Å²) in [6.45, 7) is 1.86. The van der Waals surface area contributed by atoms with Crippen molar-refractivity contribution < 1.29 is 4.21 Å². The van der Waals surface area contributed by atoms with Crippen molar-refractivity contribution >= 4 is 21.6 Å². The van der Waals surface area contributed by atoms with E-state index in [1.54, 1.807) is 0 Å². The van der Waals surface area contributed by atoms with Gasteiger partial charge in [-0.2, -0.15) is 0 Å². The van der Waals surface area contributed by atoms with Crippen LogP contribution in [0.15, 0.2) is 47.4 Å². The average Bonchev–Trinajstić information content (AvgIpc) is 2.91. The first-order valence-electron chi connectivity index (χ1n) is 5.95. The lowest BCUT2D eigenvalue weighted by Gasteiger charge is -2.09. The third kappa shape index (κ3) is 2.13. The topological polar surface area (TPSA) is 29.1 Å². The second-order valence-electron chi connectivity index (χ2n) is 4.42. The quantitative estimate of drug-likeness (QED) is 0.879. The van der Waals surface area contributed by atoms with Gasteiger partial charge in [0.15, 0.2) is 0 Å². The molecule has 88 valence electrons. The summed E-state index contributed by atoms with van der Waals surface area (Å²) in [5.74, 6) is 0. The molecule has 0 bridgehead atoms. The lowest BCUT2D eigenvalue weighted by molar-refractivity contribution is 0.672. The van der Waals surface area contributed by atoms with Crippen molar-refractivity contribution in [3.05, 3.63) is 42.5 Å². The lowest BCUT2D eigenvalue weighted by atomic mass is 10.1. The van der Waals surface area contributed by atoms with E-state index in [9.17, 15) is 4.21 Å². The lowest BCUT2D eigenvalue weighted by Crippen LogP contribution is -2.18. The molecule has 2 aromatic rings. The van der Waals surface area contributed by atoms with E-state index < -0.39 is 10.8 Å². The molecular formula is C14H15NOS. The van der Waals surface area contributed by atoms with E-state index in [0.29, 0.717) is 0 Å². The Kier molecular flexibility index (Phi) is 2.95. The Hall–Kier alpha value is -1.19. The number of fused-ring (bicyclic) bond motifs is 1. The van der Waals surface area contributed by atoms with Gasteiger partial charge in [0.1, 0.15) is 0 Å². The maximum atomic E-state index is 12.4. The third-order valence-corrected chi connectivity index (χ3v) is 5.00. The van der Waals surface area contributed by atoms with E-state index in [0.717, 1.165) is 24.4 Å². The smallest absolute Gasteiger partial charge is 0.0574 e. The molecule has 3 heteroatoms. The molecule has 2 atom stereocenters. The zero-order valence-corrected chi connectivity index (χ0v) is 10.4. The minimum absolute atomic E-state index is 0.274. The number of hydrogen-bond donors (Lipinski definition) is 1. The third-order valence-electron chi connectivity index (χ3n) is 3.27. The predicted molar refractivity (Wildman–Crippen MR) is 71.6 cm³/mol. The maximum Gasteiger partial charge on any atom is 0.0574 e. The van der Waals surface area contributed by atoms with Crippen LogP contribution in [0.2, 0.25) is 0 Å². The van der Waals surface area contributed by atoms with Crippen LogP contribution in [0.25, 0.3) is 10.8 Å². The van der Waals surface area contributed by atoms with Gasteiger partial charge in [0.25, 0.3) is 0 Å². The van der Waals surface area contributed by atoms with Crippen molar-refractivity contribution in [3.63, 3.8) is 0 Å². The van der Waals surface area contributed by atoms with Crippen LogP contribution < -0.4 is 5.32 Å². The SMILES string of the molecule is O=S(c1ccc2ccccc2c1)C1CCNC1. The highest BCUT2D eigenvalue weighted by Crippen LogP contribution is 2.21. The summed E-state index contributed by atoms with van der Waals surface area (Å²) in [5, 5.41) is 5.92. The van der Waals surface area contributed by atoms with Gasteiger partial charge in [-0.05, 0) is 35.9 Å². The van der Waals surface area contributed by atoms with E-state index in [1.165, 1.54) is 10.8 Å². The molecule has 1 aliphatic rings. The minimum Gasteiger partial charge on any atom is -0.315 e. The number of benzene rings is 2. The first-order chi connectivity index (χ1) is 8.34. The van der Waals surface area contributed by atoms with Crippen molar-refractivity contribution in [2.24, 2.45) is 0 Å². The van der Waals surface area contributed by atoms with Gasteiger partial charge in [0.05, 0.1) is 16.0 Å². The molecule has 3 rings (SSSR count). The molecule has 2 aromatic carbocycles. The van der Waals surface area contributed by atoms with Crippen LogP contribution in [0, 0.1) is 0 Å². The summed E-state index contributed by atoms with van der Waals surface area (Å²) in [4.78, 5) is 0.956. The Bertz CT molecular complexity index is 561. The number of nitrogens with one attached hydrogen (secondary N) is 1. The first-order valence-corrected chi connectivity index (χ1v) is 7.16. The summed E-state index contributed by atoms with van der Waals surface area (Å²) in [7, 11) is -0.877. The van der Waals surface area contributed by atoms with Crippen molar-refractivity contribution in [2.45, 2.75) is 16.6 Å². The highest BCUT2D eigenvalue weighted by atomic mass is 32.2. The van der Waals surface area contributed by atoms with Crippen LogP contribution in [-0.2, 0) is 10.8 Å². The summed E-state index contributed by atoms with van der Waals surface area (Å²) in [6, 6.07) is 14.3. The second kappa shape index (κ2) is 4.59. The van der Waals surface area contributed by atoms with Gasteiger partial charge in [-0.3, -0.25) is 4.21 Å². The standard InChI is InChI=1S/C14H15NOS/c16-17(14-7-8-15-10-14)13-6-5-11-3-1-2-4-12(11)9-13/h1-6,9,14-15H,7-8,10H2. The Morgan fingerprint density at radius 3 is 2.71 bits per heavy atom. The fraction of sp³-hybridized carbons (Fsp3) is 0.286. The molecule has 0 radical (unpaired) electrons. The van der Waals surface area contributed by atoms with Gasteiger partial charge in [0.2, 0.25) is 0 Å². The molecule has 0 aromatic heterocycles. The average molecular weight is 245 g/mol. The summed E-state index contributed by atoms with van der Waals surface area (Å²) < 4.78 is 12.4. The molecular weight excluding hydrogens is 230 g/mol. The van der Waals surface area contributed by atoms with E-state index >= 15 is 0 Å². The second-order valence-corrected chi connectivity index (χ2v) is 6.15. The number of rotatable bonds is 2. The Morgan fingerprint density at radius 1 is 1.12 bits per heavy atom. The highest BCUT2D eigenvalue weighted by Gasteiger charge is 2.22. The van der Waals surface area contributed by atoms with E-state index in [4.69, 9.17) is 0 Å². The van der Waals surface area contributed by atoms with E-state index in [1.807, 2.05) is 18.2 Å². The van der Waals surface area contributed by atoms with Gasteiger partial charge in [0, 0.05) is 11.4 Å². The molecule has 1 fully saturated rings. The highest BCUT2D eigenvalue weighted by molar-refractivity contribution is 7.85. The molecule has 1 aliphatic heterocycles. The molecule has 1 heterocycles. The monoisotopic (exact) mass is 245 g/mol. The normalized spacial score (nSPS) is 21.8. The first kappa shape index (κ1) is 10.9. The summed E-state index contributed by atoms with van der Waals surface area (Å²) in [6.07, 6.45) is 1.01. The zero-order valence-electron chi connectivity index (χ0n) is 9.56. The van der Waals surface area contributed by atoms with Gasteiger partial charge in [-0.15, -0.1) is 0 Å². The Morgan fingerprint density at radius 2 is 1.94 bits per heavy atom. The van der Waals surface area contributed by atoms with Crippen LogP contribution in [0.1, 0.15) is 6.42 Å². The van der Waals surface area contributed by atoms with E-state index in [-0.39, 0.29) is 5.25 Å². The van der Waals surface area contributed by atoms with Crippen molar-refractivity contribution in [2.75, 3.05) is 13.1 Å². The van der Waals surface area contributed by atoms with Crippen LogP contribution in [0.3, 0.4) is 0 Å².